The molecular formula is C9H12N4O. The van der Waals surface area contributed by atoms with Crippen LogP contribution in [-0.2, 0) is 17.8 Å². The fourth-order valence-corrected chi connectivity index (χ4v) is 0.974. The number of allylic oxidation sites excluding steroid dienone is 1. The highest BCUT2D eigenvalue weighted by atomic mass is 16.1. The molecule has 1 aromatic heterocycles. The third-order valence-corrected chi connectivity index (χ3v) is 1.65. The van der Waals surface area contributed by atoms with Crippen LogP contribution in [0.5, 0.6) is 0 Å². The van der Waals surface area contributed by atoms with Gasteiger partial charge in [-0.3, -0.25) is 4.79 Å². The number of hydrogen-bond donors (Lipinski definition) is 2. The number of nitrogens with zero attached hydrogens (tertiary/aromatic N) is 2. The van der Waals surface area contributed by atoms with Crippen molar-refractivity contribution in [3.8, 4) is 0 Å². The Hall–Kier alpha value is -1.91. The van der Waals surface area contributed by atoms with Crippen LogP contribution >= 0.6 is 0 Å². The number of hydrogen-bond acceptors (Lipinski definition) is 4. The minimum absolute atomic E-state index is 0.351. The molecule has 14 heavy (non-hydrogen) atoms. The summed E-state index contributed by atoms with van der Waals surface area (Å²) >= 11 is 0. The van der Waals surface area contributed by atoms with E-state index in [4.69, 9.17) is 5.73 Å². The molecule has 0 fully saturated rings. The van der Waals surface area contributed by atoms with Crippen molar-refractivity contribution in [1.82, 2.24) is 15.3 Å². The van der Waals surface area contributed by atoms with Gasteiger partial charge in [-0.1, -0.05) is 6.08 Å². The third kappa shape index (κ3) is 2.55. The van der Waals surface area contributed by atoms with Crippen LogP contribution < -0.4 is 11.1 Å². The molecule has 0 aromatic carbocycles. The van der Waals surface area contributed by atoms with E-state index in [0.717, 1.165) is 0 Å². The Morgan fingerprint density at radius 1 is 1.64 bits per heavy atom. The second kappa shape index (κ2) is 4.96. The summed E-state index contributed by atoms with van der Waals surface area (Å²) in [5, 5.41) is 2.50. The van der Waals surface area contributed by atoms with E-state index in [1.807, 2.05) is 0 Å². The van der Waals surface area contributed by atoms with Gasteiger partial charge in [0.1, 0.15) is 11.6 Å². The van der Waals surface area contributed by atoms with Crippen LogP contribution in [-0.4, -0.2) is 16.4 Å². The molecule has 1 heterocycles. The lowest BCUT2D eigenvalue weighted by Crippen LogP contribution is -2.13. The Labute approximate surface area is 82.1 Å². The number of anilines is 1. The van der Waals surface area contributed by atoms with Gasteiger partial charge in [-0.05, 0) is 0 Å². The first kappa shape index (κ1) is 10.2. The average molecular weight is 192 g/mol. The van der Waals surface area contributed by atoms with E-state index in [1.165, 1.54) is 0 Å². The van der Waals surface area contributed by atoms with E-state index >= 15 is 0 Å². The zero-order valence-electron chi connectivity index (χ0n) is 7.73. The first-order valence-corrected chi connectivity index (χ1v) is 4.16. The summed E-state index contributed by atoms with van der Waals surface area (Å²) in [6.45, 7) is 3.93. The number of amides is 1. The van der Waals surface area contributed by atoms with Crippen molar-refractivity contribution >= 4 is 12.2 Å². The van der Waals surface area contributed by atoms with Gasteiger partial charge < -0.3 is 11.1 Å². The first-order chi connectivity index (χ1) is 6.77. The van der Waals surface area contributed by atoms with Crippen LogP contribution in [0.4, 0.5) is 5.82 Å². The Morgan fingerprint density at radius 2 is 2.43 bits per heavy atom. The number of carbonyl (C=O) groups is 1. The molecule has 0 saturated heterocycles. The van der Waals surface area contributed by atoms with Gasteiger partial charge in [0.05, 0.1) is 0 Å². The zero-order valence-corrected chi connectivity index (χ0v) is 7.73. The molecule has 5 nitrogen and oxygen atoms in total. The SMILES string of the molecule is C=CCc1ncc(CNC=O)c(N)n1. The van der Waals surface area contributed by atoms with E-state index < -0.39 is 0 Å². The first-order valence-electron chi connectivity index (χ1n) is 4.16. The molecule has 1 rings (SSSR count). The quantitative estimate of drug-likeness (QED) is 0.509. The highest BCUT2D eigenvalue weighted by Crippen LogP contribution is 2.07. The van der Waals surface area contributed by atoms with E-state index in [-0.39, 0.29) is 0 Å². The molecule has 3 N–H and O–H groups in total. The molecule has 5 heteroatoms. The molecule has 0 aliphatic heterocycles. The second-order valence-electron chi connectivity index (χ2n) is 2.69. The van der Waals surface area contributed by atoms with Gasteiger partial charge in [-0.15, -0.1) is 6.58 Å². The summed E-state index contributed by atoms with van der Waals surface area (Å²) in [6, 6.07) is 0. The predicted octanol–water partition coefficient (Wildman–Crippen LogP) is 0.0333. The Bertz CT molecular complexity index is 338. The Kier molecular flexibility index (Phi) is 3.60. The molecule has 1 amide bonds. The summed E-state index contributed by atoms with van der Waals surface area (Å²) in [5.41, 5.74) is 6.36. The van der Waals surface area contributed by atoms with Crippen LogP contribution in [0.3, 0.4) is 0 Å². The van der Waals surface area contributed by atoms with Crippen LogP contribution in [0.1, 0.15) is 11.4 Å². The van der Waals surface area contributed by atoms with Gasteiger partial charge in [-0.25, -0.2) is 9.97 Å². The van der Waals surface area contributed by atoms with Crippen LogP contribution in [0.2, 0.25) is 0 Å². The van der Waals surface area contributed by atoms with Crippen LogP contribution in [0.25, 0.3) is 0 Å². The number of nitrogen functional groups attached to an aromatic ring is 1. The molecule has 0 unspecified atom stereocenters. The fourth-order valence-electron chi connectivity index (χ4n) is 0.974. The third-order valence-electron chi connectivity index (χ3n) is 1.65. The van der Waals surface area contributed by atoms with Crippen molar-refractivity contribution in [2.24, 2.45) is 0 Å². The standard InChI is InChI=1S/C9H12N4O/c1-2-3-8-12-5-7(4-11-6-14)9(10)13-8/h2,5-6H,1,3-4H2,(H,11,14)(H2,10,12,13). The minimum Gasteiger partial charge on any atom is -0.383 e. The lowest BCUT2D eigenvalue weighted by molar-refractivity contribution is -0.109. The molecular weight excluding hydrogens is 180 g/mol. The van der Waals surface area contributed by atoms with Gasteiger partial charge in [0, 0.05) is 24.7 Å². The number of carbonyl (C=O) groups excluding carboxylic acids is 1. The summed E-state index contributed by atoms with van der Waals surface area (Å²) in [4.78, 5) is 18.2. The van der Waals surface area contributed by atoms with Crippen molar-refractivity contribution in [1.29, 1.82) is 0 Å². The van der Waals surface area contributed by atoms with Crippen molar-refractivity contribution in [2.45, 2.75) is 13.0 Å². The predicted molar refractivity (Wildman–Crippen MR) is 53.2 cm³/mol. The highest BCUT2D eigenvalue weighted by Gasteiger charge is 2.02. The van der Waals surface area contributed by atoms with Gasteiger partial charge in [0.25, 0.3) is 0 Å². The summed E-state index contributed by atoms with van der Waals surface area (Å²) in [6.07, 6.45) is 4.51. The van der Waals surface area contributed by atoms with Gasteiger partial charge >= 0.3 is 0 Å². The molecule has 74 valence electrons. The topological polar surface area (TPSA) is 80.9 Å². The average Bonchev–Trinajstić information content (AvgIpc) is 2.17. The molecule has 0 spiro atoms. The maximum Gasteiger partial charge on any atom is 0.207 e. The molecule has 0 saturated carbocycles. The summed E-state index contributed by atoms with van der Waals surface area (Å²) in [7, 11) is 0. The molecule has 1 aromatic rings. The molecule has 0 aliphatic carbocycles. The van der Waals surface area contributed by atoms with Crippen molar-refractivity contribution < 1.29 is 4.79 Å². The number of nitrogens with one attached hydrogen (secondary N) is 1. The maximum atomic E-state index is 10.1. The molecule has 0 aliphatic rings. The number of aromatic nitrogens is 2. The van der Waals surface area contributed by atoms with Crippen molar-refractivity contribution in [3.05, 3.63) is 30.2 Å². The fraction of sp³-hybridized carbons (Fsp3) is 0.222. The molecule has 0 bridgehead atoms. The summed E-state index contributed by atoms with van der Waals surface area (Å²) < 4.78 is 0. The minimum atomic E-state index is 0.351. The van der Waals surface area contributed by atoms with E-state index in [0.29, 0.717) is 36.6 Å². The second-order valence-corrected chi connectivity index (χ2v) is 2.69. The number of nitrogens with two attached hydrogens (primary N) is 1. The van der Waals surface area contributed by atoms with Crippen molar-refractivity contribution in [3.63, 3.8) is 0 Å². The largest absolute Gasteiger partial charge is 0.383 e. The lowest BCUT2D eigenvalue weighted by atomic mass is 10.3. The van der Waals surface area contributed by atoms with E-state index in [2.05, 4.69) is 21.9 Å². The smallest absolute Gasteiger partial charge is 0.207 e. The maximum absolute atomic E-state index is 10.1. The number of rotatable bonds is 5. The van der Waals surface area contributed by atoms with Gasteiger partial charge in [0.15, 0.2) is 0 Å². The Morgan fingerprint density at radius 3 is 3.00 bits per heavy atom. The van der Waals surface area contributed by atoms with Gasteiger partial charge in [0.2, 0.25) is 6.41 Å². The Balaban J connectivity index is 2.78. The van der Waals surface area contributed by atoms with Crippen LogP contribution in [0.15, 0.2) is 18.9 Å². The van der Waals surface area contributed by atoms with Crippen LogP contribution in [0, 0.1) is 0 Å². The van der Waals surface area contributed by atoms with Gasteiger partial charge in [-0.2, -0.15) is 0 Å². The summed E-state index contributed by atoms with van der Waals surface area (Å²) in [5.74, 6) is 1.03. The normalized spacial score (nSPS) is 9.43. The molecule has 0 atom stereocenters. The van der Waals surface area contributed by atoms with Crippen molar-refractivity contribution in [2.75, 3.05) is 5.73 Å². The zero-order chi connectivity index (χ0) is 10.4. The molecule has 0 radical (unpaired) electrons. The lowest BCUT2D eigenvalue weighted by Gasteiger charge is -2.04. The van der Waals surface area contributed by atoms with E-state index in [9.17, 15) is 4.79 Å². The van der Waals surface area contributed by atoms with E-state index in [1.54, 1.807) is 12.3 Å². The monoisotopic (exact) mass is 192 g/mol. The highest BCUT2D eigenvalue weighted by molar-refractivity contribution is 5.48.